The molecule has 1 aliphatic carbocycles. The predicted molar refractivity (Wildman–Crippen MR) is 79.8 cm³/mol. The molecule has 0 aromatic carbocycles. The minimum atomic E-state index is 0.185. The molecule has 6 heteroatoms. The summed E-state index contributed by atoms with van der Waals surface area (Å²) in [5, 5.41) is 9.32. The van der Waals surface area contributed by atoms with E-state index in [0.717, 1.165) is 36.8 Å². The van der Waals surface area contributed by atoms with Crippen molar-refractivity contribution in [1.29, 1.82) is 0 Å². The standard InChI is InChI=1S/C14H23N5O/c1-3-15-12-9-13(19-10(2)18-12)16-7-8-17-14(20)11-5-4-6-11/h9,11H,3-8H2,1-2H3,(H,17,20)(H2,15,16,18,19). The number of hydrogen-bond donors (Lipinski definition) is 3. The maximum atomic E-state index is 11.7. The number of carbonyl (C=O) groups excluding carboxylic acids is 1. The lowest BCUT2D eigenvalue weighted by atomic mass is 9.85. The molecule has 110 valence electrons. The van der Waals surface area contributed by atoms with E-state index in [4.69, 9.17) is 0 Å². The fraction of sp³-hybridized carbons (Fsp3) is 0.643. The van der Waals surface area contributed by atoms with Crippen LogP contribution in [-0.2, 0) is 4.79 Å². The van der Waals surface area contributed by atoms with E-state index in [1.807, 2.05) is 19.9 Å². The second kappa shape index (κ2) is 7.07. The normalized spacial score (nSPS) is 14.5. The molecular weight excluding hydrogens is 254 g/mol. The van der Waals surface area contributed by atoms with Crippen LogP contribution in [0.4, 0.5) is 11.6 Å². The number of anilines is 2. The Balaban J connectivity index is 1.74. The molecule has 1 aliphatic rings. The van der Waals surface area contributed by atoms with Gasteiger partial charge in [-0.2, -0.15) is 0 Å². The van der Waals surface area contributed by atoms with Gasteiger partial charge in [-0.3, -0.25) is 4.79 Å². The van der Waals surface area contributed by atoms with E-state index in [9.17, 15) is 4.79 Å². The highest BCUT2D eigenvalue weighted by Crippen LogP contribution is 2.25. The monoisotopic (exact) mass is 277 g/mol. The first-order chi connectivity index (χ1) is 9.69. The first kappa shape index (κ1) is 14.6. The van der Waals surface area contributed by atoms with Crippen LogP contribution in [0.3, 0.4) is 0 Å². The molecule has 1 fully saturated rings. The average Bonchev–Trinajstić information content (AvgIpc) is 2.32. The summed E-state index contributed by atoms with van der Waals surface area (Å²) in [5.74, 6) is 2.76. The van der Waals surface area contributed by atoms with Crippen molar-refractivity contribution >= 4 is 17.5 Å². The second-order valence-corrected chi connectivity index (χ2v) is 5.06. The van der Waals surface area contributed by atoms with Crippen LogP contribution in [0.5, 0.6) is 0 Å². The molecule has 0 aliphatic heterocycles. The molecule has 1 heterocycles. The summed E-state index contributed by atoms with van der Waals surface area (Å²) in [6.45, 7) is 6.01. The highest BCUT2D eigenvalue weighted by molar-refractivity contribution is 5.79. The second-order valence-electron chi connectivity index (χ2n) is 5.06. The quantitative estimate of drug-likeness (QED) is 0.659. The number of aromatic nitrogens is 2. The molecule has 0 saturated heterocycles. The van der Waals surface area contributed by atoms with E-state index in [-0.39, 0.29) is 11.8 Å². The van der Waals surface area contributed by atoms with Crippen molar-refractivity contribution in [2.45, 2.75) is 33.1 Å². The molecule has 1 aromatic heterocycles. The Morgan fingerprint density at radius 3 is 2.55 bits per heavy atom. The van der Waals surface area contributed by atoms with Gasteiger partial charge < -0.3 is 16.0 Å². The van der Waals surface area contributed by atoms with Crippen molar-refractivity contribution in [3.8, 4) is 0 Å². The molecular formula is C14H23N5O. The van der Waals surface area contributed by atoms with Gasteiger partial charge in [0.1, 0.15) is 17.5 Å². The van der Waals surface area contributed by atoms with E-state index in [2.05, 4.69) is 25.9 Å². The highest BCUT2D eigenvalue weighted by atomic mass is 16.1. The van der Waals surface area contributed by atoms with Crippen molar-refractivity contribution in [2.75, 3.05) is 30.3 Å². The number of nitrogens with zero attached hydrogens (tertiary/aromatic N) is 2. The SMILES string of the molecule is CCNc1cc(NCCNC(=O)C2CCC2)nc(C)n1. The third-order valence-electron chi connectivity index (χ3n) is 3.40. The average molecular weight is 277 g/mol. The molecule has 0 atom stereocenters. The number of nitrogens with one attached hydrogen (secondary N) is 3. The maximum absolute atomic E-state index is 11.7. The van der Waals surface area contributed by atoms with Crippen molar-refractivity contribution < 1.29 is 4.79 Å². The summed E-state index contributed by atoms with van der Waals surface area (Å²) in [5.41, 5.74) is 0. The summed E-state index contributed by atoms with van der Waals surface area (Å²) in [6, 6.07) is 1.88. The van der Waals surface area contributed by atoms with Crippen LogP contribution >= 0.6 is 0 Å². The Bertz CT molecular complexity index is 459. The van der Waals surface area contributed by atoms with Crippen LogP contribution in [0.2, 0.25) is 0 Å². The van der Waals surface area contributed by atoms with Crippen LogP contribution in [0.1, 0.15) is 32.0 Å². The van der Waals surface area contributed by atoms with Gasteiger partial charge in [-0.25, -0.2) is 9.97 Å². The van der Waals surface area contributed by atoms with Gasteiger partial charge in [-0.05, 0) is 26.7 Å². The van der Waals surface area contributed by atoms with Gasteiger partial charge in [0.05, 0.1) is 0 Å². The molecule has 0 spiro atoms. The largest absolute Gasteiger partial charge is 0.370 e. The lowest BCUT2D eigenvalue weighted by Crippen LogP contribution is -2.36. The summed E-state index contributed by atoms with van der Waals surface area (Å²) in [7, 11) is 0. The van der Waals surface area contributed by atoms with Crippen molar-refractivity contribution in [2.24, 2.45) is 5.92 Å². The van der Waals surface area contributed by atoms with E-state index in [1.54, 1.807) is 0 Å². The van der Waals surface area contributed by atoms with Gasteiger partial charge in [-0.15, -0.1) is 0 Å². The number of hydrogen-bond acceptors (Lipinski definition) is 5. The number of carbonyl (C=O) groups is 1. The first-order valence-electron chi connectivity index (χ1n) is 7.30. The first-order valence-corrected chi connectivity index (χ1v) is 7.30. The Kier molecular flexibility index (Phi) is 5.15. The third-order valence-corrected chi connectivity index (χ3v) is 3.40. The van der Waals surface area contributed by atoms with Gasteiger partial charge in [0.25, 0.3) is 0 Å². The Hall–Kier alpha value is -1.85. The smallest absolute Gasteiger partial charge is 0.223 e. The summed E-state index contributed by atoms with van der Waals surface area (Å²) >= 11 is 0. The van der Waals surface area contributed by atoms with Gasteiger partial charge in [0.2, 0.25) is 5.91 Å². The minimum Gasteiger partial charge on any atom is -0.370 e. The van der Waals surface area contributed by atoms with Crippen LogP contribution in [0.15, 0.2) is 6.07 Å². The molecule has 0 bridgehead atoms. The summed E-state index contributed by atoms with van der Waals surface area (Å²) in [4.78, 5) is 20.3. The van der Waals surface area contributed by atoms with E-state index in [1.165, 1.54) is 6.42 Å². The Morgan fingerprint density at radius 1 is 1.25 bits per heavy atom. The van der Waals surface area contributed by atoms with E-state index >= 15 is 0 Å². The number of amides is 1. The topological polar surface area (TPSA) is 78.9 Å². The number of aryl methyl sites for hydroxylation is 1. The summed E-state index contributed by atoms with van der Waals surface area (Å²) in [6.07, 6.45) is 3.26. The highest BCUT2D eigenvalue weighted by Gasteiger charge is 2.24. The lowest BCUT2D eigenvalue weighted by Gasteiger charge is -2.24. The Morgan fingerprint density at radius 2 is 1.95 bits per heavy atom. The molecule has 0 radical (unpaired) electrons. The van der Waals surface area contributed by atoms with Gasteiger partial charge in [0.15, 0.2) is 0 Å². The van der Waals surface area contributed by atoms with Crippen LogP contribution in [0.25, 0.3) is 0 Å². The van der Waals surface area contributed by atoms with Crippen molar-refractivity contribution in [3.05, 3.63) is 11.9 Å². The molecule has 0 unspecified atom stereocenters. The minimum absolute atomic E-state index is 0.185. The third kappa shape index (κ3) is 4.08. The van der Waals surface area contributed by atoms with Gasteiger partial charge >= 0.3 is 0 Å². The van der Waals surface area contributed by atoms with E-state index < -0.39 is 0 Å². The van der Waals surface area contributed by atoms with Crippen molar-refractivity contribution in [1.82, 2.24) is 15.3 Å². The van der Waals surface area contributed by atoms with Crippen LogP contribution < -0.4 is 16.0 Å². The molecule has 1 saturated carbocycles. The molecule has 1 aromatic rings. The fourth-order valence-corrected chi connectivity index (χ4v) is 2.12. The van der Waals surface area contributed by atoms with Crippen molar-refractivity contribution in [3.63, 3.8) is 0 Å². The Labute approximate surface area is 119 Å². The molecule has 20 heavy (non-hydrogen) atoms. The molecule has 3 N–H and O–H groups in total. The number of rotatable bonds is 7. The van der Waals surface area contributed by atoms with E-state index in [0.29, 0.717) is 13.1 Å². The predicted octanol–water partition coefficient (Wildman–Crippen LogP) is 1.55. The summed E-state index contributed by atoms with van der Waals surface area (Å²) < 4.78 is 0. The maximum Gasteiger partial charge on any atom is 0.223 e. The molecule has 2 rings (SSSR count). The lowest BCUT2D eigenvalue weighted by molar-refractivity contribution is -0.127. The zero-order valence-electron chi connectivity index (χ0n) is 12.2. The van der Waals surface area contributed by atoms with Crippen LogP contribution in [-0.4, -0.2) is 35.5 Å². The molecule has 6 nitrogen and oxygen atoms in total. The van der Waals surface area contributed by atoms with Crippen LogP contribution in [0, 0.1) is 12.8 Å². The molecule has 1 amide bonds. The van der Waals surface area contributed by atoms with Gasteiger partial charge in [-0.1, -0.05) is 6.42 Å². The fourth-order valence-electron chi connectivity index (χ4n) is 2.12. The van der Waals surface area contributed by atoms with Gasteiger partial charge in [0, 0.05) is 31.6 Å². The zero-order chi connectivity index (χ0) is 14.4. The zero-order valence-corrected chi connectivity index (χ0v) is 12.2.